The number of ether oxygens (including phenoxy) is 1. The van der Waals surface area contributed by atoms with E-state index in [4.69, 9.17) is 10.5 Å². The lowest BCUT2D eigenvalue weighted by Crippen LogP contribution is -2.47. The number of rotatable bonds is 2. The molecule has 1 fully saturated rings. The lowest BCUT2D eigenvalue weighted by molar-refractivity contribution is 0.0685. The zero-order valence-corrected chi connectivity index (χ0v) is 9.52. The van der Waals surface area contributed by atoms with Gasteiger partial charge in [-0.2, -0.15) is 0 Å². The van der Waals surface area contributed by atoms with Gasteiger partial charge in [0, 0.05) is 18.6 Å². The molecule has 3 rings (SSSR count). The molecule has 2 unspecified atom stereocenters. The number of aromatic nitrogens is 2. The fourth-order valence-corrected chi connectivity index (χ4v) is 2.21. The summed E-state index contributed by atoms with van der Waals surface area (Å²) in [4.78, 5) is 7.29. The van der Waals surface area contributed by atoms with Crippen LogP contribution < -0.4 is 11.1 Å². The zero-order chi connectivity index (χ0) is 11.7. The van der Waals surface area contributed by atoms with Gasteiger partial charge >= 0.3 is 0 Å². The quantitative estimate of drug-likeness (QED) is 0.707. The van der Waals surface area contributed by atoms with Crippen LogP contribution in [-0.4, -0.2) is 35.8 Å². The predicted octanol–water partition coefficient (Wildman–Crippen LogP) is 0.551. The third kappa shape index (κ3) is 2.04. The van der Waals surface area contributed by atoms with E-state index in [9.17, 15) is 0 Å². The van der Waals surface area contributed by atoms with Crippen LogP contribution in [-0.2, 0) is 4.74 Å². The molecule has 1 aliphatic rings. The van der Waals surface area contributed by atoms with Crippen molar-refractivity contribution >= 4 is 11.0 Å². The number of nitrogens with zero attached hydrogens (tertiary/aromatic N) is 1. The van der Waals surface area contributed by atoms with Crippen LogP contribution in [0, 0.1) is 0 Å². The summed E-state index contributed by atoms with van der Waals surface area (Å²) in [6.45, 7) is 2.30. The summed E-state index contributed by atoms with van der Waals surface area (Å²) in [6, 6.07) is 6.21. The Morgan fingerprint density at radius 3 is 3.24 bits per heavy atom. The normalized spacial score (nSPS) is 22.8. The maximum atomic E-state index is 6.25. The average molecular weight is 232 g/mol. The van der Waals surface area contributed by atoms with Gasteiger partial charge in [-0.05, 0) is 17.7 Å². The molecule has 1 aromatic carbocycles. The standard InChI is InChI=1S/C12H16N4O/c13-12(11-6-17-4-3-14-11)8-1-2-9-10(5-8)16-7-15-9/h1-2,5,7,11-12,14H,3-4,6,13H2,(H,15,16). The Labute approximate surface area is 99.4 Å². The number of aromatic amines is 1. The van der Waals surface area contributed by atoms with E-state index in [1.54, 1.807) is 6.33 Å². The maximum absolute atomic E-state index is 6.25. The average Bonchev–Trinajstić information content (AvgIpc) is 2.86. The minimum Gasteiger partial charge on any atom is -0.378 e. The Morgan fingerprint density at radius 1 is 1.47 bits per heavy atom. The summed E-state index contributed by atoms with van der Waals surface area (Å²) in [5.41, 5.74) is 9.34. The second-order valence-electron chi connectivity index (χ2n) is 4.34. The van der Waals surface area contributed by atoms with Crippen LogP contribution in [0.2, 0.25) is 0 Å². The molecular formula is C12H16N4O. The van der Waals surface area contributed by atoms with Gasteiger partial charge < -0.3 is 20.8 Å². The van der Waals surface area contributed by atoms with E-state index < -0.39 is 0 Å². The molecule has 90 valence electrons. The zero-order valence-electron chi connectivity index (χ0n) is 9.52. The smallest absolute Gasteiger partial charge is 0.0931 e. The fourth-order valence-electron chi connectivity index (χ4n) is 2.21. The van der Waals surface area contributed by atoms with Crippen LogP contribution in [0.3, 0.4) is 0 Å². The van der Waals surface area contributed by atoms with Gasteiger partial charge in [-0.3, -0.25) is 0 Å². The Kier molecular flexibility index (Phi) is 2.80. The highest BCUT2D eigenvalue weighted by Gasteiger charge is 2.22. The second-order valence-corrected chi connectivity index (χ2v) is 4.34. The van der Waals surface area contributed by atoms with Gasteiger partial charge in [0.2, 0.25) is 0 Å². The molecule has 0 radical (unpaired) electrons. The molecular weight excluding hydrogens is 216 g/mol. The first-order valence-electron chi connectivity index (χ1n) is 5.84. The molecule has 5 nitrogen and oxygen atoms in total. The van der Waals surface area contributed by atoms with Crippen molar-refractivity contribution in [2.75, 3.05) is 19.8 Å². The molecule has 0 aliphatic carbocycles. The summed E-state index contributed by atoms with van der Waals surface area (Å²) in [5.74, 6) is 0. The monoisotopic (exact) mass is 232 g/mol. The molecule has 0 amide bonds. The van der Waals surface area contributed by atoms with Gasteiger partial charge in [-0.15, -0.1) is 0 Å². The summed E-state index contributed by atoms with van der Waals surface area (Å²) in [6.07, 6.45) is 1.70. The summed E-state index contributed by atoms with van der Waals surface area (Å²) >= 11 is 0. The topological polar surface area (TPSA) is 76.0 Å². The van der Waals surface area contributed by atoms with Crippen LogP contribution in [0.4, 0.5) is 0 Å². The first-order valence-corrected chi connectivity index (χ1v) is 5.84. The molecule has 1 saturated heterocycles. The van der Waals surface area contributed by atoms with Crippen LogP contribution in [0.1, 0.15) is 11.6 Å². The van der Waals surface area contributed by atoms with E-state index in [2.05, 4.69) is 21.4 Å². The third-order valence-electron chi connectivity index (χ3n) is 3.21. The highest BCUT2D eigenvalue weighted by atomic mass is 16.5. The molecule has 4 N–H and O–H groups in total. The summed E-state index contributed by atoms with van der Waals surface area (Å²) in [5, 5.41) is 3.38. The highest BCUT2D eigenvalue weighted by molar-refractivity contribution is 5.75. The number of benzene rings is 1. The van der Waals surface area contributed by atoms with Gasteiger partial charge in [0.25, 0.3) is 0 Å². The lowest BCUT2D eigenvalue weighted by atomic mass is 9.99. The molecule has 1 aromatic heterocycles. The Balaban J connectivity index is 1.86. The highest BCUT2D eigenvalue weighted by Crippen LogP contribution is 2.19. The van der Waals surface area contributed by atoms with Crippen molar-refractivity contribution in [3.05, 3.63) is 30.1 Å². The van der Waals surface area contributed by atoms with E-state index in [-0.39, 0.29) is 12.1 Å². The van der Waals surface area contributed by atoms with Crippen LogP contribution in [0.15, 0.2) is 24.5 Å². The third-order valence-corrected chi connectivity index (χ3v) is 3.21. The summed E-state index contributed by atoms with van der Waals surface area (Å²) < 4.78 is 5.43. The van der Waals surface area contributed by atoms with Crippen molar-refractivity contribution in [1.82, 2.24) is 15.3 Å². The molecule has 0 spiro atoms. The van der Waals surface area contributed by atoms with E-state index in [1.807, 2.05) is 12.1 Å². The van der Waals surface area contributed by atoms with Crippen molar-refractivity contribution in [2.24, 2.45) is 5.73 Å². The van der Waals surface area contributed by atoms with Crippen LogP contribution in [0.5, 0.6) is 0 Å². The van der Waals surface area contributed by atoms with Crippen LogP contribution >= 0.6 is 0 Å². The van der Waals surface area contributed by atoms with Gasteiger partial charge in [-0.1, -0.05) is 6.07 Å². The van der Waals surface area contributed by atoms with Crippen molar-refractivity contribution < 1.29 is 4.74 Å². The predicted molar refractivity (Wildman–Crippen MR) is 65.6 cm³/mol. The fraction of sp³-hybridized carbons (Fsp3) is 0.417. The number of morpholine rings is 1. The van der Waals surface area contributed by atoms with Crippen LogP contribution in [0.25, 0.3) is 11.0 Å². The SMILES string of the molecule is NC(c1ccc2nc[nH]c2c1)C1COCCN1. The molecule has 2 heterocycles. The van der Waals surface area contributed by atoms with E-state index in [0.717, 1.165) is 29.7 Å². The van der Waals surface area contributed by atoms with E-state index in [1.165, 1.54) is 0 Å². The molecule has 2 aromatic rings. The first kappa shape index (κ1) is 10.7. The number of hydrogen-bond donors (Lipinski definition) is 3. The molecule has 17 heavy (non-hydrogen) atoms. The number of nitrogens with one attached hydrogen (secondary N) is 2. The minimum atomic E-state index is -0.0528. The van der Waals surface area contributed by atoms with Gasteiger partial charge in [0.05, 0.1) is 30.6 Å². The first-order chi connectivity index (χ1) is 8.34. The van der Waals surface area contributed by atoms with Gasteiger partial charge in [0.1, 0.15) is 0 Å². The van der Waals surface area contributed by atoms with E-state index in [0.29, 0.717) is 6.61 Å². The van der Waals surface area contributed by atoms with Gasteiger partial charge in [-0.25, -0.2) is 4.98 Å². The molecule has 1 aliphatic heterocycles. The number of H-pyrrole nitrogens is 1. The number of imidazole rings is 1. The van der Waals surface area contributed by atoms with Gasteiger partial charge in [0.15, 0.2) is 0 Å². The largest absolute Gasteiger partial charge is 0.378 e. The number of hydrogen-bond acceptors (Lipinski definition) is 4. The summed E-state index contributed by atoms with van der Waals surface area (Å²) in [7, 11) is 0. The lowest BCUT2D eigenvalue weighted by Gasteiger charge is -2.29. The van der Waals surface area contributed by atoms with Crippen molar-refractivity contribution in [1.29, 1.82) is 0 Å². The number of nitrogens with two attached hydrogens (primary N) is 1. The molecule has 5 heteroatoms. The Morgan fingerprint density at radius 2 is 2.41 bits per heavy atom. The molecule has 0 saturated carbocycles. The van der Waals surface area contributed by atoms with Crippen molar-refractivity contribution in [2.45, 2.75) is 12.1 Å². The molecule has 0 bridgehead atoms. The molecule has 2 atom stereocenters. The Hall–Kier alpha value is -1.43. The maximum Gasteiger partial charge on any atom is 0.0931 e. The Bertz CT molecular complexity index is 504. The second kappa shape index (κ2) is 4.44. The minimum absolute atomic E-state index is 0.0528. The van der Waals surface area contributed by atoms with Crippen molar-refractivity contribution in [3.63, 3.8) is 0 Å². The van der Waals surface area contributed by atoms with Crippen molar-refractivity contribution in [3.8, 4) is 0 Å². The van der Waals surface area contributed by atoms with E-state index >= 15 is 0 Å². The number of fused-ring (bicyclic) bond motifs is 1.